The fourth-order valence-electron chi connectivity index (χ4n) is 4.37. The van der Waals surface area contributed by atoms with Crippen LogP contribution in [-0.2, 0) is 11.3 Å². The Morgan fingerprint density at radius 3 is 2.44 bits per heavy atom. The monoisotopic (exact) mass is 441 g/mol. The molecule has 170 valence electrons. The van der Waals surface area contributed by atoms with Gasteiger partial charge >= 0.3 is 0 Å². The van der Waals surface area contributed by atoms with E-state index in [1.54, 1.807) is 5.01 Å². The van der Waals surface area contributed by atoms with Crippen molar-refractivity contribution in [2.24, 2.45) is 5.92 Å². The zero-order valence-electron chi connectivity index (χ0n) is 18.5. The van der Waals surface area contributed by atoms with E-state index in [1.165, 1.54) is 17.2 Å². The normalized spacial score (nSPS) is 18.9. The van der Waals surface area contributed by atoms with Crippen molar-refractivity contribution in [3.05, 3.63) is 70.3 Å². The minimum absolute atomic E-state index is 0.0874. The van der Waals surface area contributed by atoms with E-state index in [0.29, 0.717) is 19.6 Å². The number of nitrogens with zero attached hydrogens (tertiary/aromatic N) is 2. The lowest BCUT2D eigenvalue weighted by molar-refractivity contribution is -0.139. The minimum Gasteiger partial charge on any atom is -0.335 e. The Morgan fingerprint density at radius 1 is 1.06 bits per heavy atom. The first kappa shape index (κ1) is 22.4. The van der Waals surface area contributed by atoms with E-state index in [0.717, 1.165) is 43.4 Å². The van der Waals surface area contributed by atoms with Gasteiger partial charge in [0, 0.05) is 25.7 Å². The average molecular weight is 442 g/mol. The lowest BCUT2D eigenvalue weighted by Gasteiger charge is -2.35. The average Bonchev–Trinajstić information content (AvgIpc) is 3.59. The maximum Gasteiger partial charge on any atom is 0.271 e. The van der Waals surface area contributed by atoms with Gasteiger partial charge in [-0.2, -0.15) is 0 Å². The molecule has 1 atom stereocenters. The Labute approximate surface area is 187 Å². The number of nitrogens with one attached hydrogen (secondary N) is 1. The fourth-order valence-corrected chi connectivity index (χ4v) is 4.37. The summed E-state index contributed by atoms with van der Waals surface area (Å²) in [6, 6.07) is 9.76. The predicted octanol–water partition coefficient (Wildman–Crippen LogP) is 4.13. The Balaban J connectivity index is 1.44. The van der Waals surface area contributed by atoms with Crippen molar-refractivity contribution in [3.8, 4) is 0 Å². The Bertz CT molecular complexity index is 1000. The molecule has 7 heteroatoms. The molecule has 1 saturated carbocycles. The van der Waals surface area contributed by atoms with Crippen LogP contribution in [0.2, 0.25) is 0 Å². The molecule has 4 rings (SSSR count). The Morgan fingerprint density at radius 2 is 1.75 bits per heavy atom. The third kappa shape index (κ3) is 4.83. The Hall–Kier alpha value is -2.80. The van der Waals surface area contributed by atoms with E-state index in [2.05, 4.69) is 31.4 Å². The summed E-state index contributed by atoms with van der Waals surface area (Å²) in [5.41, 5.74) is 5.56. The predicted molar refractivity (Wildman–Crippen MR) is 118 cm³/mol. The summed E-state index contributed by atoms with van der Waals surface area (Å²) in [6.07, 6.45) is 3.47. The molecule has 2 aromatic carbocycles. The van der Waals surface area contributed by atoms with Gasteiger partial charge in [0.05, 0.1) is 5.92 Å². The van der Waals surface area contributed by atoms with Crippen LogP contribution in [0.4, 0.5) is 8.78 Å². The second-order valence-corrected chi connectivity index (χ2v) is 8.88. The van der Waals surface area contributed by atoms with Gasteiger partial charge in [-0.3, -0.25) is 15.0 Å². The summed E-state index contributed by atoms with van der Waals surface area (Å²) in [6.45, 7) is 5.60. The lowest BCUT2D eigenvalue weighted by Crippen LogP contribution is -2.51. The molecular formula is C25H29F2N3O2. The van der Waals surface area contributed by atoms with Gasteiger partial charge < -0.3 is 4.90 Å². The molecule has 5 nitrogen and oxygen atoms in total. The van der Waals surface area contributed by atoms with Crippen LogP contribution >= 0.6 is 0 Å². The minimum atomic E-state index is -0.902. The highest BCUT2D eigenvalue weighted by Gasteiger charge is 2.38. The fraction of sp³-hybridized carbons (Fsp3) is 0.440. The van der Waals surface area contributed by atoms with Crippen LogP contribution in [0.15, 0.2) is 36.4 Å². The van der Waals surface area contributed by atoms with Gasteiger partial charge in [0.15, 0.2) is 0 Å². The molecule has 2 aliphatic rings. The van der Waals surface area contributed by atoms with E-state index in [1.807, 2.05) is 11.0 Å². The summed E-state index contributed by atoms with van der Waals surface area (Å²) >= 11 is 0. The number of carbonyl (C=O) groups excluding carboxylic acids is 2. The van der Waals surface area contributed by atoms with Crippen molar-refractivity contribution < 1.29 is 18.4 Å². The highest BCUT2D eigenvalue weighted by molar-refractivity contribution is 5.94. The maximum atomic E-state index is 13.9. The second kappa shape index (κ2) is 9.36. The molecular weight excluding hydrogens is 412 g/mol. The van der Waals surface area contributed by atoms with Gasteiger partial charge in [0.2, 0.25) is 5.91 Å². The molecule has 2 fully saturated rings. The SMILES string of the molecule is Cc1cccc(CN(C(=O)C2CCCN(NC(=O)c3c(F)cccc3F)C2)C2CC2)c1C. The zero-order chi connectivity index (χ0) is 22.8. The molecule has 0 spiro atoms. The van der Waals surface area contributed by atoms with Crippen molar-refractivity contribution >= 4 is 11.8 Å². The van der Waals surface area contributed by atoms with E-state index < -0.39 is 23.1 Å². The Kier molecular flexibility index (Phi) is 6.55. The third-order valence-electron chi connectivity index (χ3n) is 6.55. The second-order valence-electron chi connectivity index (χ2n) is 8.88. The van der Waals surface area contributed by atoms with Crippen LogP contribution in [0.1, 0.15) is 52.7 Å². The first-order chi connectivity index (χ1) is 15.3. The molecule has 1 aliphatic heterocycles. The maximum absolute atomic E-state index is 13.9. The lowest BCUT2D eigenvalue weighted by atomic mass is 9.96. The molecule has 0 bridgehead atoms. The molecule has 1 saturated heterocycles. The summed E-state index contributed by atoms with van der Waals surface area (Å²) in [4.78, 5) is 27.9. The highest BCUT2D eigenvalue weighted by Crippen LogP contribution is 2.32. The van der Waals surface area contributed by atoms with Crippen molar-refractivity contribution in [2.45, 2.75) is 52.1 Å². The summed E-state index contributed by atoms with van der Waals surface area (Å²) < 4.78 is 27.9. The molecule has 0 radical (unpaired) electrons. The number of hydrogen-bond donors (Lipinski definition) is 1. The smallest absolute Gasteiger partial charge is 0.271 e. The largest absolute Gasteiger partial charge is 0.335 e. The number of hydrazine groups is 1. The van der Waals surface area contributed by atoms with Crippen molar-refractivity contribution in [2.75, 3.05) is 13.1 Å². The van der Waals surface area contributed by atoms with Crippen molar-refractivity contribution in [3.63, 3.8) is 0 Å². The molecule has 1 heterocycles. The zero-order valence-corrected chi connectivity index (χ0v) is 18.5. The third-order valence-corrected chi connectivity index (χ3v) is 6.55. The number of halogens is 2. The number of hydrogen-bond acceptors (Lipinski definition) is 3. The number of benzene rings is 2. The van der Waals surface area contributed by atoms with E-state index in [-0.39, 0.29) is 17.9 Å². The van der Waals surface area contributed by atoms with E-state index in [9.17, 15) is 18.4 Å². The summed E-state index contributed by atoms with van der Waals surface area (Å²) in [7, 11) is 0. The summed E-state index contributed by atoms with van der Waals surface area (Å²) in [5.74, 6) is -2.81. The number of aryl methyl sites for hydroxylation is 1. The molecule has 0 aromatic heterocycles. The molecule has 1 aliphatic carbocycles. The number of carbonyl (C=O) groups is 2. The topological polar surface area (TPSA) is 52.7 Å². The number of amides is 2. The van der Waals surface area contributed by atoms with Crippen molar-refractivity contribution in [1.29, 1.82) is 0 Å². The van der Waals surface area contributed by atoms with Gasteiger partial charge in [-0.15, -0.1) is 0 Å². The first-order valence-electron chi connectivity index (χ1n) is 11.2. The summed E-state index contributed by atoms with van der Waals surface area (Å²) in [5, 5.41) is 1.61. The van der Waals surface area contributed by atoms with Crippen LogP contribution in [0.5, 0.6) is 0 Å². The first-order valence-corrected chi connectivity index (χ1v) is 11.2. The molecule has 1 N–H and O–H groups in total. The molecule has 32 heavy (non-hydrogen) atoms. The van der Waals surface area contributed by atoms with Gasteiger partial charge in [-0.25, -0.2) is 13.8 Å². The molecule has 1 unspecified atom stereocenters. The molecule has 2 aromatic rings. The number of rotatable bonds is 6. The standard InChI is InChI=1S/C25H29F2N3O2/c1-16-6-3-7-18(17(16)2)15-30(20-11-12-20)25(32)19-8-5-13-29(14-19)28-24(31)23-21(26)9-4-10-22(23)27/h3-4,6-7,9-10,19-20H,5,8,11-15H2,1-2H3,(H,28,31). The van der Waals surface area contributed by atoms with Crippen LogP contribution in [0.3, 0.4) is 0 Å². The van der Waals surface area contributed by atoms with Gasteiger partial charge in [-0.1, -0.05) is 24.3 Å². The van der Waals surface area contributed by atoms with Gasteiger partial charge in [0.1, 0.15) is 17.2 Å². The number of piperidine rings is 1. The van der Waals surface area contributed by atoms with Crippen LogP contribution in [0, 0.1) is 31.4 Å². The quantitative estimate of drug-likeness (QED) is 0.734. The van der Waals surface area contributed by atoms with Crippen LogP contribution in [0.25, 0.3) is 0 Å². The van der Waals surface area contributed by atoms with Gasteiger partial charge in [-0.05, 0) is 68.4 Å². The molecule has 2 amide bonds. The van der Waals surface area contributed by atoms with E-state index >= 15 is 0 Å². The van der Waals surface area contributed by atoms with Crippen molar-refractivity contribution in [1.82, 2.24) is 15.3 Å². The highest BCUT2D eigenvalue weighted by atomic mass is 19.1. The van der Waals surface area contributed by atoms with Crippen LogP contribution < -0.4 is 5.43 Å². The van der Waals surface area contributed by atoms with Gasteiger partial charge in [0.25, 0.3) is 5.91 Å². The van der Waals surface area contributed by atoms with Crippen LogP contribution in [-0.4, -0.2) is 40.9 Å². The van der Waals surface area contributed by atoms with E-state index in [4.69, 9.17) is 0 Å².